The van der Waals surface area contributed by atoms with Gasteiger partial charge in [-0.3, -0.25) is 9.59 Å². The van der Waals surface area contributed by atoms with E-state index < -0.39 is 0 Å². The van der Waals surface area contributed by atoms with E-state index >= 15 is 0 Å². The van der Waals surface area contributed by atoms with E-state index in [-0.39, 0.29) is 23.7 Å². The van der Waals surface area contributed by atoms with E-state index in [9.17, 15) is 9.59 Å². The van der Waals surface area contributed by atoms with Gasteiger partial charge in [0.2, 0.25) is 11.8 Å². The largest absolute Gasteiger partial charge is 0.340 e. The van der Waals surface area contributed by atoms with Crippen molar-refractivity contribution >= 4 is 23.4 Å². The SMILES string of the molecule is CC(=O)N(C1CC1)C1CCN(C(=O)CCl)C1. The molecule has 2 aliphatic rings. The standard InChI is InChI=1S/C11H17ClN2O2/c1-8(15)14(9-2-3-9)10-4-5-13(7-10)11(16)6-12/h9-10H,2-7H2,1H3. The topological polar surface area (TPSA) is 40.6 Å². The van der Waals surface area contributed by atoms with Crippen LogP contribution in [0.4, 0.5) is 0 Å². The van der Waals surface area contributed by atoms with Gasteiger partial charge in [-0.05, 0) is 19.3 Å². The van der Waals surface area contributed by atoms with Crippen molar-refractivity contribution in [1.82, 2.24) is 9.80 Å². The fourth-order valence-corrected chi connectivity index (χ4v) is 2.61. The maximum Gasteiger partial charge on any atom is 0.237 e. The van der Waals surface area contributed by atoms with Crippen molar-refractivity contribution in [2.75, 3.05) is 19.0 Å². The van der Waals surface area contributed by atoms with Crippen molar-refractivity contribution in [1.29, 1.82) is 0 Å². The van der Waals surface area contributed by atoms with Crippen LogP contribution in [0.2, 0.25) is 0 Å². The van der Waals surface area contributed by atoms with Gasteiger partial charge >= 0.3 is 0 Å². The lowest BCUT2D eigenvalue weighted by atomic mass is 10.2. The summed E-state index contributed by atoms with van der Waals surface area (Å²) in [7, 11) is 0. The van der Waals surface area contributed by atoms with Crippen LogP contribution in [0.5, 0.6) is 0 Å². The van der Waals surface area contributed by atoms with Crippen LogP contribution in [0.1, 0.15) is 26.2 Å². The summed E-state index contributed by atoms with van der Waals surface area (Å²) in [5, 5.41) is 0. The van der Waals surface area contributed by atoms with Crippen LogP contribution in [0, 0.1) is 0 Å². The average molecular weight is 245 g/mol. The third-order valence-corrected chi connectivity index (χ3v) is 3.56. The Kier molecular flexibility index (Phi) is 3.38. The first-order chi connectivity index (χ1) is 7.63. The van der Waals surface area contributed by atoms with E-state index in [0.717, 1.165) is 25.8 Å². The zero-order valence-electron chi connectivity index (χ0n) is 9.49. The average Bonchev–Trinajstić information content (AvgIpc) is 2.94. The number of amides is 2. The second-order valence-corrected chi connectivity index (χ2v) is 4.84. The van der Waals surface area contributed by atoms with E-state index in [1.807, 2.05) is 4.90 Å². The number of carbonyl (C=O) groups excluding carboxylic acids is 2. The number of hydrogen-bond donors (Lipinski definition) is 0. The fourth-order valence-electron chi connectivity index (χ4n) is 2.44. The molecule has 0 bridgehead atoms. The van der Waals surface area contributed by atoms with Gasteiger partial charge in [-0.2, -0.15) is 0 Å². The molecular formula is C11H17ClN2O2. The third kappa shape index (κ3) is 2.32. The number of carbonyl (C=O) groups is 2. The van der Waals surface area contributed by atoms with Gasteiger partial charge in [0.1, 0.15) is 5.88 Å². The van der Waals surface area contributed by atoms with E-state index in [0.29, 0.717) is 12.6 Å². The number of halogens is 1. The molecule has 1 aliphatic heterocycles. The van der Waals surface area contributed by atoms with E-state index in [1.54, 1.807) is 11.8 Å². The molecule has 1 aliphatic carbocycles. The molecule has 0 spiro atoms. The van der Waals surface area contributed by atoms with Crippen molar-refractivity contribution in [3.63, 3.8) is 0 Å². The fraction of sp³-hybridized carbons (Fsp3) is 0.818. The first-order valence-electron chi connectivity index (χ1n) is 5.76. The monoisotopic (exact) mass is 244 g/mol. The molecule has 0 radical (unpaired) electrons. The summed E-state index contributed by atoms with van der Waals surface area (Å²) in [6.07, 6.45) is 3.11. The van der Waals surface area contributed by atoms with Crippen molar-refractivity contribution in [2.24, 2.45) is 0 Å². The van der Waals surface area contributed by atoms with Crippen molar-refractivity contribution in [2.45, 2.75) is 38.3 Å². The lowest BCUT2D eigenvalue weighted by Crippen LogP contribution is -2.43. The summed E-state index contributed by atoms with van der Waals surface area (Å²) in [6.45, 7) is 3.00. The lowest BCUT2D eigenvalue weighted by Gasteiger charge is -2.28. The smallest absolute Gasteiger partial charge is 0.237 e. The quantitative estimate of drug-likeness (QED) is 0.691. The molecule has 0 aromatic rings. The summed E-state index contributed by atoms with van der Waals surface area (Å²) in [6, 6.07) is 0.630. The second kappa shape index (κ2) is 4.62. The molecule has 2 rings (SSSR count). The van der Waals surface area contributed by atoms with Crippen LogP contribution in [0.3, 0.4) is 0 Å². The van der Waals surface area contributed by atoms with Gasteiger partial charge in [0.25, 0.3) is 0 Å². The molecule has 1 saturated carbocycles. The Bertz CT molecular complexity index is 304. The molecule has 2 fully saturated rings. The van der Waals surface area contributed by atoms with Gasteiger partial charge < -0.3 is 9.80 Å². The molecule has 1 saturated heterocycles. The minimum absolute atomic E-state index is 0.0246. The minimum Gasteiger partial charge on any atom is -0.340 e. The molecule has 16 heavy (non-hydrogen) atoms. The van der Waals surface area contributed by atoms with Gasteiger partial charge in [-0.25, -0.2) is 0 Å². The van der Waals surface area contributed by atoms with E-state index in [1.165, 1.54) is 0 Å². The summed E-state index contributed by atoms with van der Waals surface area (Å²) in [5.74, 6) is 0.145. The number of nitrogens with zero attached hydrogens (tertiary/aromatic N) is 2. The van der Waals surface area contributed by atoms with Gasteiger partial charge in [0, 0.05) is 26.1 Å². The summed E-state index contributed by atoms with van der Waals surface area (Å²) in [5.41, 5.74) is 0. The predicted molar refractivity (Wildman–Crippen MR) is 61.2 cm³/mol. The number of likely N-dealkylation sites (tertiary alicyclic amines) is 1. The van der Waals surface area contributed by atoms with Gasteiger partial charge in [-0.15, -0.1) is 11.6 Å². The van der Waals surface area contributed by atoms with Gasteiger partial charge in [0.15, 0.2) is 0 Å². The van der Waals surface area contributed by atoms with E-state index in [2.05, 4.69) is 0 Å². The Hall–Kier alpha value is -0.770. The molecule has 1 unspecified atom stereocenters. The Morgan fingerprint density at radius 1 is 1.31 bits per heavy atom. The molecule has 0 aromatic carbocycles. The number of hydrogen-bond acceptors (Lipinski definition) is 2. The summed E-state index contributed by atoms with van der Waals surface area (Å²) in [4.78, 5) is 26.7. The molecule has 5 heteroatoms. The Morgan fingerprint density at radius 3 is 2.50 bits per heavy atom. The van der Waals surface area contributed by atoms with Crippen molar-refractivity contribution < 1.29 is 9.59 Å². The van der Waals surface area contributed by atoms with Crippen LogP contribution in [0.25, 0.3) is 0 Å². The summed E-state index contributed by atoms with van der Waals surface area (Å²) < 4.78 is 0. The number of rotatable bonds is 3. The van der Waals surface area contributed by atoms with Crippen LogP contribution in [-0.4, -0.2) is 52.7 Å². The van der Waals surface area contributed by atoms with Crippen LogP contribution in [-0.2, 0) is 9.59 Å². The Balaban J connectivity index is 1.96. The van der Waals surface area contributed by atoms with Crippen LogP contribution < -0.4 is 0 Å². The molecule has 4 nitrogen and oxygen atoms in total. The van der Waals surface area contributed by atoms with Crippen LogP contribution >= 0.6 is 11.6 Å². The minimum atomic E-state index is -0.0246. The molecule has 1 heterocycles. The highest BCUT2D eigenvalue weighted by Crippen LogP contribution is 2.31. The van der Waals surface area contributed by atoms with Crippen molar-refractivity contribution in [3.8, 4) is 0 Å². The summed E-state index contributed by atoms with van der Waals surface area (Å²) >= 11 is 5.53. The Labute approximate surface area is 101 Å². The maximum atomic E-state index is 11.6. The maximum absolute atomic E-state index is 11.6. The van der Waals surface area contributed by atoms with Gasteiger partial charge in [-0.1, -0.05) is 0 Å². The normalized spacial score (nSPS) is 24.6. The van der Waals surface area contributed by atoms with Gasteiger partial charge in [0.05, 0.1) is 6.04 Å². The first kappa shape index (κ1) is 11.7. The number of alkyl halides is 1. The molecule has 0 N–H and O–H groups in total. The highest BCUT2D eigenvalue weighted by atomic mass is 35.5. The molecular weight excluding hydrogens is 228 g/mol. The Morgan fingerprint density at radius 2 is 2.00 bits per heavy atom. The second-order valence-electron chi connectivity index (χ2n) is 4.57. The van der Waals surface area contributed by atoms with Crippen molar-refractivity contribution in [3.05, 3.63) is 0 Å². The zero-order valence-corrected chi connectivity index (χ0v) is 10.2. The van der Waals surface area contributed by atoms with Crippen LogP contribution in [0.15, 0.2) is 0 Å². The molecule has 90 valence electrons. The molecule has 0 aromatic heterocycles. The predicted octanol–water partition coefficient (Wildman–Crippen LogP) is 0.837. The highest BCUT2D eigenvalue weighted by Gasteiger charge is 2.39. The first-order valence-corrected chi connectivity index (χ1v) is 6.29. The molecule has 2 amide bonds. The zero-order chi connectivity index (χ0) is 11.7. The lowest BCUT2D eigenvalue weighted by molar-refractivity contribution is -0.133. The van der Waals surface area contributed by atoms with E-state index in [4.69, 9.17) is 11.6 Å². The molecule has 1 atom stereocenters. The third-order valence-electron chi connectivity index (χ3n) is 3.33. The highest BCUT2D eigenvalue weighted by molar-refractivity contribution is 6.27.